The number of phosphoric acid groups is 1. The van der Waals surface area contributed by atoms with Crippen molar-refractivity contribution in [1.82, 2.24) is 0 Å². The summed E-state index contributed by atoms with van der Waals surface area (Å²) in [4.78, 5) is 0. The van der Waals surface area contributed by atoms with E-state index in [9.17, 15) is 14.8 Å². The maximum absolute atomic E-state index is 12.2. The number of hydrogen-bond acceptors (Lipinski definition) is 6. The van der Waals surface area contributed by atoms with E-state index in [1.807, 2.05) is 0 Å². The van der Waals surface area contributed by atoms with Gasteiger partial charge >= 0.3 is 7.82 Å². The first-order valence-electron chi connectivity index (χ1n) is 10.9. The van der Waals surface area contributed by atoms with E-state index in [-0.39, 0.29) is 6.61 Å². The van der Waals surface area contributed by atoms with Crippen molar-refractivity contribution in [2.75, 3.05) is 6.61 Å². The first-order valence-corrected chi connectivity index (χ1v) is 12.3. The fourth-order valence-corrected chi connectivity index (χ4v) is 4.20. The first-order chi connectivity index (χ1) is 12.9. The van der Waals surface area contributed by atoms with Crippen LogP contribution in [0.15, 0.2) is 0 Å². The molecule has 0 aliphatic rings. The highest BCUT2D eigenvalue weighted by molar-refractivity contribution is 7.48. The third-order valence-electron chi connectivity index (χ3n) is 4.31. The summed E-state index contributed by atoms with van der Waals surface area (Å²) in [6, 6.07) is 0. The highest BCUT2D eigenvalue weighted by atomic mass is 31.2. The molecule has 0 radical (unpaired) electrons. The standard InChI is InChI=1S/C20H43O6P/c1-4-5-6-7-8-9-10-11-12-13-14-15-16-17-18-24-27(23,25-19(2)21)26-20(3)22/h19-22H,4-18H2,1-3H3. The minimum absolute atomic E-state index is 0.217. The second kappa shape index (κ2) is 18.1. The van der Waals surface area contributed by atoms with E-state index in [4.69, 9.17) is 13.6 Å². The molecule has 27 heavy (non-hydrogen) atoms. The fraction of sp³-hybridized carbons (Fsp3) is 1.00. The Hall–Kier alpha value is 0.0300. The molecule has 2 unspecified atom stereocenters. The predicted octanol–water partition coefficient (Wildman–Crippen LogP) is 6.30. The molecule has 0 aromatic carbocycles. The van der Waals surface area contributed by atoms with Crippen LogP contribution < -0.4 is 0 Å². The number of aliphatic hydroxyl groups is 2. The van der Waals surface area contributed by atoms with Crippen molar-refractivity contribution >= 4 is 7.82 Å². The third kappa shape index (κ3) is 19.1. The summed E-state index contributed by atoms with van der Waals surface area (Å²) in [6.45, 7) is 5.10. The highest BCUT2D eigenvalue weighted by Gasteiger charge is 2.30. The van der Waals surface area contributed by atoms with Crippen LogP contribution in [0.25, 0.3) is 0 Å². The maximum Gasteiger partial charge on any atom is 0.479 e. The summed E-state index contributed by atoms with van der Waals surface area (Å²) >= 11 is 0. The van der Waals surface area contributed by atoms with Gasteiger partial charge in [-0.25, -0.2) is 4.57 Å². The Morgan fingerprint density at radius 1 is 0.667 bits per heavy atom. The molecule has 0 aromatic rings. The van der Waals surface area contributed by atoms with Crippen molar-refractivity contribution in [2.45, 2.75) is 123 Å². The van der Waals surface area contributed by atoms with Gasteiger partial charge in [0.2, 0.25) is 0 Å². The van der Waals surface area contributed by atoms with E-state index in [0.29, 0.717) is 0 Å². The van der Waals surface area contributed by atoms with Gasteiger partial charge in [-0.15, -0.1) is 0 Å². The average Bonchev–Trinajstić information content (AvgIpc) is 2.56. The topological polar surface area (TPSA) is 85.2 Å². The normalized spacial score (nSPS) is 16.2. The number of aliphatic hydroxyl groups excluding tert-OH is 2. The van der Waals surface area contributed by atoms with Crippen LogP contribution in [0.3, 0.4) is 0 Å². The molecule has 0 bridgehead atoms. The van der Waals surface area contributed by atoms with Crippen molar-refractivity contribution < 1.29 is 28.3 Å². The molecule has 0 amide bonds. The molecule has 7 heteroatoms. The average molecular weight is 411 g/mol. The lowest BCUT2D eigenvalue weighted by Gasteiger charge is -2.20. The van der Waals surface area contributed by atoms with Gasteiger partial charge in [-0.05, 0) is 20.3 Å². The van der Waals surface area contributed by atoms with E-state index in [1.54, 1.807) is 0 Å². The van der Waals surface area contributed by atoms with Crippen LogP contribution in [0.4, 0.5) is 0 Å². The zero-order valence-corrected chi connectivity index (χ0v) is 18.6. The van der Waals surface area contributed by atoms with Crippen LogP contribution in [-0.2, 0) is 18.1 Å². The van der Waals surface area contributed by atoms with Gasteiger partial charge in [0, 0.05) is 0 Å². The van der Waals surface area contributed by atoms with Crippen LogP contribution in [0, 0.1) is 0 Å². The number of phosphoric ester groups is 1. The Balaban J connectivity index is 3.48. The molecule has 0 saturated heterocycles. The summed E-state index contributed by atoms with van der Waals surface area (Å²) in [5.74, 6) is 0. The molecule has 6 nitrogen and oxygen atoms in total. The molecule has 0 fully saturated rings. The molecule has 2 N–H and O–H groups in total. The molecule has 2 atom stereocenters. The smallest absolute Gasteiger partial charge is 0.368 e. The van der Waals surface area contributed by atoms with Crippen LogP contribution in [0.2, 0.25) is 0 Å². The molecule has 0 saturated carbocycles. The van der Waals surface area contributed by atoms with Crippen molar-refractivity contribution in [3.63, 3.8) is 0 Å². The minimum atomic E-state index is -3.92. The van der Waals surface area contributed by atoms with Crippen LogP contribution in [0.1, 0.15) is 111 Å². The Labute approximate surface area is 166 Å². The third-order valence-corrected chi connectivity index (χ3v) is 5.94. The summed E-state index contributed by atoms with van der Waals surface area (Å²) in [5.41, 5.74) is 0. The summed E-state index contributed by atoms with van der Waals surface area (Å²) < 4.78 is 26.9. The molecule has 0 aliphatic carbocycles. The lowest BCUT2D eigenvalue weighted by Crippen LogP contribution is -2.13. The van der Waals surface area contributed by atoms with Crippen LogP contribution in [0.5, 0.6) is 0 Å². The second-order valence-electron chi connectivity index (χ2n) is 7.29. The van der Waals surface area contributed by atoms with E-state index in [1.165, 1.54) is 84.5 Å². The van der Waals surface area contributed by atoms with Crippen molar-refractivity contribution in [1.29, 1.82) is 0 Å². The number of hydrogen-bond donors (Lipinski definition) is 2. The lowest BCUT2D eigenvalue weighted by molar-refractivity contribution is -0.0754. The van der Waals surface area contributed by atoms with Gasteiger partial charge < -0.3 is 10.2 Å². The van der Waals surface area contributed by atoms with E-state index in [2.05, 4.69) is 6.92 Å². The molecular weight excluding hydrogens is 367 g/mol. The monoisotopic (exact) mass is 410 g/mol. The van der Waals surface area contributed by atoms with Crippen molar-refractivity contribution in [3.8, 4) is 0 Å². The molecule has 164 valence electrons. The van der Waals surface area contributed by atoms with Crippen LogP contribution in [-0.4, -0.2) is 29.4 Å². The second-order valence-corrected chi connectivity index (χ2v) is 8.86. The zero-order chi connectivity index (χ0) is 20.4. The Bertz CT molecular complexity index is 348. The highest BCUT2D eigenvalue weighted by Crippen LogP contribution is 2.51. The van der Waals surface area contributed by atoms with Gasteiger partial charge in [0.05, 0.1) is 6.61 Å². The van der Waals surface area contributed by atoms with E-state index < -0.39 is 20.4 Å². The Morgan fingerprint density at radius 3 is 1.33 bits per heavy atom. The predicted molar refractivity (Wildman–Crippen MR) is 109 cm³/mol. The lowest BCUT2D eigenvalue weighted by atomic mass is 10.0. The molecule has 0 aromatic heterocycles. The zero-order valence-electron chi connectivity index (χ0n) is 17.7. The molecule has 0 heterocycles. The molecule has 0 aliphatic heterocycles. The van der Waals surface area contributed by atoms with Gasteiger partial charge in [-0.1, -0.05) is 90.4 Å². The van der Waals surface area contributed by atoms with Gasteiger partial charge in [-0.2, -0.15) is 0 Å². The van der Waals surface area contributed by atoms with E-state index >= 15 is 0 Å². The van der Waals surface area contributed by atoms with Gasteiger partial charge in [0.1, 0.15) is 0 Å². The molecule has 0 spiro atoms. The summed E-state index contributed by atoms with van der Waals surface area (Å²) in [7, 11) is -3.92. The van der Waals surface area contributed by atoms with Gasteiger partial charge in [0.25, 0.3) is 0 Å². The minimum Gasteiger partial charge on any atom is -0.368 e. The largest absolute Gasteiger partial charge is 0.479 e. The van der Waals surface area contributed by atoms with Gasteiger partial charge in [-0.3, -0.25) is 13.6 Å². The SMILES string of the molecule is CCCCCCCCCCCCCCCCOP(=O)(OC(C)O)OC(C)O. The Kier molecular flexibility index (Phi) is 18.1. The quantitative estimate of drug-likeness (QED) is 0.139. The molecule has 0 rings (SSSR count). The Morgan fingerprint density at radius 2 is 1.00 bits per heavy atom. The first kappa shape index (κ1) is 27.0. The van der Waals surface area contributed by atoms with Crippen molar-refractivity contribution in [2.24, 2.45) is 0 Å². The number of unbranched alkanes of at least 4 members (excludes halogenated alkanes) is 13. The van der Waals surface area contributed by atoms with Crippen molar-refractivity contribution in [3.05, 3.63) is 0 Å². The van der Waals surface area contributed by atoms with Crippen LogP contribution >= 0.6 is 7.82 Å². The summed E-state index contributed by atoms with van der Waals surface area (Å²) in [5, 5.41) is 18.4. The summed E-state index contributed by atoms with van der Waals surface area (Å²) in [6.07, 6.45) is 15.0. The fourth-order valence-electron chi connectivity index (χ4n) is 2.93. The maximum atomic E-state index is 12.2. The molecular formula is C20H43O6P. The number of rotatable bonds is 20. The van der Waals surface area contributed by atoms with E-state index in [0.717, 1.165) is 19.3 Å². The van der Waals surface area contributed by atoms with Gasteiger partial charge in [0.15, 0.2) is 12.6 Å².